The summed E-state index contributed by atoms with van der Waals surface area (Å²) in [5.74, 6) is 0.0645. The summed E-state index contributed by atoms with van der Waals surface area (Å²) < 4.78 is 17.3. The summed E-state index contributed by atoms with van der Waals surface area (Å²) >= 11 is 0. The standard InChI is InChI=1S/C26H29N7O2/c1-18(26-25(21-16-28-31(2)17-21)30-23-6-5-10-27-33(23)26)19-8-9-22-20(14-19)15-29-32(22)11-13-35-24-7-3-4-12-34-24/h5-6,8-10,14-18,24H,3-4,7,11-13H2,1-2H3/t18-,24?/m0/s1. The molecule has 35 heavy (non-hydrogen) atoms. The van der Waals surface area contributed by atoms with Crippen molar-refractivity contribution in [1.29, 1.82) is 0 Å². The molecule has 6 rings (SSSR count). The molecule has 0 aliphatic carbocycles. The highest BCUT2D eigenvalue weighted by Gasteiger charge is 2.23. The molecule has 1 unspecified atom stereocenters. The zero-order valence-corrected chi connectivity index (χ0v) is 20.0. The van der Waals surface area contributed by atoms with Crippen molar-refractivity contribution in [3.8, 4) is 11.3 Å². The third-order valence-electron chi connectivity index (χ3n) is 6.73. The van der Waals surface area contributed by atoms with Crippen LogP contribution in [-0.4, -0.2) is 53.7 Å². The SMILES string of the molecule is C[C@@H](c1ccc2c(cnn2CCOC2CCCCO2)c1)c1c(-c2cnn(C)c2)nc2cccnn12. The summed E-state index contributed by atoms with van der Waals surface area (Å²) in [6.07, 6.45) is 10.8. The molecule has 4 aromatic heterocycles. The molecule has 1 aromatic carbocycles. The summed E-state index contributed by atoms with van der Waals surface area (Å²) in [6.45, 7) is 4.27. The number of aryl methyl sites for hydroxylation is 1. The minimum Gasteiger partial charge on any atom is -0.353 e. The fraction of sp³-hybridized carbons (Fsp3) is 0.385. The predicted octanol–water partition coefficient (Wildman–Crippen LogP) is 4.17. The van der Waals surface area contributed by atoms with E-state index in [0.717, 1.165) is 52.9 Å². The van der Waals surface area contributed by atoms with E-state index in [0.29, 0.717) is 13.2 Å². The van der Waals surface area contributed by atoms with Gasteiger partial charge in [-0.15, -0.1) is 0 Å². The average Bonchev–Trinajstić information content (AvgIpc) is 3.60. The van der Waals surface area contributed by atoms with Crippen molar-refractivity contribution in [3.63, 3.8) is 0 Å². The normalized spacial score (nSPS) is 17.4. The van der Waals surface area contributed by atoms with Crippen LogP contribution >= 0.6 is 0 Å². The molecule has 1 saturated heterocycles. The number of benzene rings is 1. The van der Waals surface area contributed by atoms with Crippen molar-refractivity contribution >= 4 is 16.6 Å². The summed E-state index contributed by atoms with van der Waals surface area (Å²) in [5, 5.41) is 14.7. The molecule has 0 bridgehead atoms. The lowest BCUT2D eigenvalue weighted by molar-refractivity contribution is -0.163. The molecule has 9 nitrogen and oxygen atoms in total. The maximum Gasteiger partial charge on any atom is 0.157 e. The van der Waals surface area contributed by atoms with Crippen LogP contribution in [0.5, 0.6) is 0 Å². The molecule has 0 radical (unpaired) electrons. The first kappa shape index (κ1) is 21.9. The number of rotatable bonds is 7. The van der Waals surface area contributed by atoms with Gasteiger partial charge in [-0.2, -0.15) is 15.3 Å². The predicted molar refractivity (Wildman–Crippen MR) is 132 cm³/mol. The Balaban J connectivity index is 1.28. The Labute approximate surface area is 203 Å². The molecular formula is C26H29N7O2. The van der Waals surface area contributed by atoms with Gasteiger partial charge < -0.3 is 9.47 Å². The Kier molecular flexibility index (Phi) is 5.79. The van der Waals surface area contributed by atoms with E-state index in [2.05, 4.69) is 40.4 Å². The van der Waals surface area contributed by atoms with E-state index in [9.17, 15) is 0 Å². The number of hydrogen-bond donors (Lipinski definition) is 0. The fourth-order valence-corrected chi connectivity index (χ4v) is 4.88. The Hall–Kier alpha value is -3.56. The van der Waals surface area contributed by atoms with Gasteiger partial charge in [-0.05, 0) is 49.1 Å². The van der Waals surface area contributed by atoms with Gasteiger partial charge in [-0.25, -0.2) is 9.50 Å². The summed E-state index contributed by atoms with van der Waals surface area (Å²) in [7, 11) is 1.92. The molecular weight excluding hydrogens is 442 g/mol. The van der Waals surface area contributed by atoms with Gasteiger partial charge in [0.2, 0.25) is 0 Å². The molecule has 0 amide bonds. The molecule has 0 saturated carbocycles. The summed E-state index contributed by atoms with van der Waals surface area (Å²) in [4.78, 5) is 4.89. The second kappa shape index (κ2) is 9.24. The highest BCUT2D eigenvalue weighted by molar-refractivity contribution is 5.80. The molecule has 5 heterocycles. The van der Waals surface area contributed by atoms with Crippen LogP contribution in [0.1, 0.15) is 43.4 Å². The van der Waals surface area contributed by atoms with Crippen molar-refractivity contribution in [2.75, 3.05) is 13.2 Å². The molecule has 1 aliphatic heterocycles. The van der Waals surface area contributed by atoms with Crippen molar-refractivity contribution < 1.29 is 9.47 Å². The van der Waals surface area contributed by atoms with Gasteiger partial charge in [0, 0.05) is 42.9 Å². The smallest absolute Gasteiger partial charge is 0.157 e. The Bertz CT molecular complexity index is 1460. The second-order valence-electron chi connectivity index (χ2n) is 9.12. The van der Waals surface area contributed by atoms with E-state index in [1.165, 1.54) is 12.0 Å². The Morgan fingerprint density at radius 1 is 1.14 bits per heavy atom. The van der Waals surface area contributed by atoms with Crippen molar-refractivity contribution in [2.45, 2.75) is 44.9 Å². The Morgan fingerprint density at radius 3 is 2.91 bits per heavy atom. The van der Waals surface area contributed by atoms with Gasteiger partial charge in [-0.1, -0.05) is 13.0 Å². The maximum absolute atomic E-state index is 5.91. The van der Waals surface area contributed by atoms with Crippen LogP contribution in [-0.2, 0) is 23.1 Å². The monoisotopic (exact) mass is 471 g/mol. The zero-order valence-electron chi connectivity index (χ0n) is 20.0. The van der Waals surface area contributed by atoms with Gasteiger partial charge in [0.15, 0.2) is 11.9 Å². The van der Waals surface area contributed by atoms with Gasteiger partial charge in [0.05, 0.1) is 42.4 Å². The van der Waals surface area contributed by atoms with E-state index in [1.807, 2.05) is 47.0 Å². The quantitative estimate of drug-likeness (QED) is 0.354. The number of hydrogen-bond acceptors (Lipinski definition) is 6. The van der Waals surface area contributed by atoms with Crippen LogP contribution in [0, 0.1) is 0 Å². The fourth-order valence-electron chi connectivity index (χ4n) is 4.88. The molecule has 1 aliphatic rings. The largest absolute Gasteiger partial charge is 0.353 e. The molecule has 0 spiro atoms. The lowest BCUT2D eigenvalue weighted by Gasteiger charge is -2.22. The van der Waals surface area contributed by atoms with Crippen LogP contribution in [0.3, 0.4) is 0 Å². The molecule has 1 fully saturated rings. The van der Waals surface area contributed by atoms with E-state index in [4.69, 9.17) is 14.5 Å². The topological polar surface area (TPSA) is 84.3 Å². The van der Waals surface area contributed by atoms with E-state index < -0.39 is 0 Å². The number of nitrogens with zero attached hydrogens (tertiary/aromatic N) is 7. The number of fused-ring (bicyclic) bond motifs is 2. The average molecular weight is 472 g/mol. The molecule has 180 valence electrons. The number of aromatic nitrogens is 7. The number of ether oxygens (including phenoxy) is 2. The third-order valence-corrected chi connectivity index (χ3v) is 6.73. The Morgan fingerprint density at radius 2 is 2.09 bits per heavy atom. The summed E-state index contributed by atoms with van der Waals surface area (Å²) in [6, 6.07) is 10.4. The van der Waals surface area contributed by atoms with E-state index in [1.54, 1.807) is 10.9 Å². The van der Waals surface area contributed by atoms with Gasteiger partial charge in [0.25, 0.3) is 0 Å². The lowest BCUT2D eigenvalue weighted by Crippen LogP contribution is -2.24. The number of imidazole rings is 1. The molecule has 9 heteroatoms. The molecule has 2 atom stereocenters. The van der Waals surface area contributed by atoms with Crippen LogP contribution in [0.15, 0.2) is 55.1 Å². The molecule has 0 N–H and O–H groups in total. The van der Waals surface area contributed by atoms with Gasteiger partial charge >= 0.3 is 0 Å². The minimum absolute atomic E-state index is 0.0645. The first-order chi connectivity index (χ1) is 17.2. The van der Waals surface area contributed by atoms with E-state index >= 15 is 0 Å². The first-order valence-electron chi connectivity index (χ1n) is 12.2. The second-order valence-corrected chi connectivity index (χ2v) is 9.12. The van der Waals surface area contributed by atoms with E-state index in [-0.39, 0.29) is 12.2 Å². The minimum atomic E-state index is -0.0777. The van der Waals surface area contributed by atoms with Crippen LogP contribution < -0.4 is 0 Å². The van der Waals surface area contributed by atoms with Crippen molar-refractivity contribution in [2.24, 2.45) is 7.05 Å². The zero-order chi connectivity index (χ0) is 23.8. The van der Waals surface area contributed by atoms with Gasteiger partial charge in [0.1, 0.15) is 0 Å². The summed E-state index contributed by atoms with van der Waals surface area (Å²) in [5.41, 5.74) is 6.03. The molecule has 5 aromatic rings. The third kappa shape index (κ3) is 4.21. The highest BCUT2D eigenvalue weighted by Crippen LogP contribution is 2.34. The van der Waals surface area contributed by atoms with Crippen molar-refractivity contribution in [3.05, 3.63) is 66.4 Å². The van der Waals surface area contributed by atoms with Crippen LogP contribution in [0.25, 0.3) is 27.8 Å². The van der Waals surface area contributed by atoms with Crippen molar-refractivity contribution in [1.82, 2.24) is 34.2 Å². The maximum atomic E-state index is 5.91. The first-order valence-corrected chi connectivity index (χ1v) is 12.2. The highest BCUT2D eigenvalue weighted by atomic mass is 16.7. The van der Waals surface area contributed by atoms with Gasteiger partial charge in [-0.3, -0.25) is 9.36 Å². The lowest BCUT2D eigenvalue weighted by atomic mass is 9.94. The van der Waals surface area contributed by atoms with Crippen LogP contribution in [0.2, 0.25) is 0 Å². The van der Waals surface area contributed by atoms with Crippen LogP contribution in [0.4, 0.5) is 0 Å².